The summed E-state index contributed by atoms with van der Waals surface area (Å²) in [6.45, 7) is 4.22. The van der Waals surface area contributed by atoms with Gasteiger partial charge in [-0.05, 0) is 30.5 Å². The highest BCUT2D eigenvalue weighted by Crippen LogP contribution is 2.28. The van der Waals surface area contributed by atoms with Gasteiger partial charge >= 0.3 is 0 Å². The van der Waals surface area contributed by atoms with Crippen LogP contribution in [-0.4, -0.2) is 62.0 Å². The molecule has 0 radical (unpaired) electrons. The molecule has 0 spiro atoms. The minimum atomic E-state index is -0.506. The van der Waals surface area contributed by atoms with Crippen molar-refractivity contribution in [2.45, 2.75) is 31.1 Å². The lowest BCUT2D eigenvalue weighted by Gasteiger charge is -2.33. The Bertz CT molecular complexity index is 461. The van der Waals surface area contributed by atoms with Crippen LogP contribution in [0.3, 0.4) is 0 Å². The van der Waals surface area contributed by atoms with Gasteiger partial charge in [-0.3, -0.25) is 4.90 Å². The molecule has 1 saturated heterocycles. The van der Waals surface area contributed by atoms with Crippen molar-refractivity contribution in [2.75, 3.05) is 39.9 Å². The second kappa shape index (κ2) is 7.42. The molecule has 22 heavy (non-hydrogen) atoms. The maximum atomic E-state index is 10.2. The van der Waals surface area contributed by atoms with Crippen molar-refractivity contribution in [2.24, 2.45) is 0 Å². The fourth-order valence-electron chi connectivity index (χ4n) is 2.96. The van der Waals surface area contributed by atoms with E-state index in [0.717, 1.165) is 43.6 Å². The standard InChI is InChI=1S/C17H26N2O3/c1-21-15-6-2-13(3-7-15)17(20)11-18-10-16-12-19(8-9-22-16)14-4-5-14/h2-3,6-7,14,16-18,20H,4-5,8-12H2,1H3/t16-,17+/m0/s1. The molecule has 1 aromatic rings. The lowest BCUT2D eigenvalue weighted by Crippen LogP contribution is -2.47. The second-order valence-corrected chi connectivity index (χ2v) is 6.17. The Morgan fingerprint density at radius 1 is 1.36 bits per heavy atom. The summed E-state index contributed by atoms with van der Waals surface area (Å²) in [5.41, 5.74) is 0.900. The average Bonchev–Trinajstić information content (AvgIpc) is 3.40. The predicted molar refractivity (Wildman–Crippen MR) is 85.2 cm³/mol. The number of hydrogen-bond acceptors (Lipinski definition) is 5. The number of aliphatic hydroxyl groups is 1. The summed E-state index contributed by atoms with van der Waals surface area (Å²) in [5, 5.41) is 13.5. The first kappa shape index (κ1) is 15.7. The van der Waals surface area contributed by atoms with Crippen molar-refractivity contribution < 1.29 is 14.6 Å². The molecule has 0 aromatic heterocycles. The minimum absolute atomic E-state index is 0.234. The SMILES string of the molecule is COc1ccc([C@H](O)CNC[C@H]2CN(C3CC3)CCO2)cc1. The van der Waals surface area contributed by atoms with Gasteiger partial charge in [0.1, 0.15) is 5.75 Å². The van der Waals surface area contributed by atoms with Crippen LogP contribution in [0.15, 0.2) is 24.3 Å². The van der Waals surface area contributed by atoms with Gasteiger partial charge in [0, 0.05) is 32.2 Å². The Morgan fingerprint density at radius 2 is 2.14 bits per heavy atom. The molecule has 122 valence electrons. The number of nitrogens with zero attached hydrogens (tertiary/aromatic N) is 1. The summed E-state index contributed by atoms with van der Waals surface area (Å²) < 4.78 is 10.9. The normalized spacial score (nSPS) is 24.2. The van der Waals surface area contributed by atoms with Crippen LogP contribution in [0, 0.1) is 0 Å². The number of morpholine rings is 1. The molecule has 2 fully saturated rings. The molecule has 2 aliphatic rings. The van der Waals surface area contributed by atoms with E-state index in [1.807, 2.05) is 24.3 Å². The topological polar surface area (TPSA) is 54.0 Å². The van der Waals surface area contributed by atoms with Crippen LogP contribution in [0.4, 0.5) is 0 Å². The largest absolute Gasteiger partial charge is 0.497 e. The number of aliphatic hydroxyl groups excluding tert-OH is 1. The molecule has 3 rings (SSSR count). The molecule has 2 atom stereocenters. The Morgan fingerprint density at radius 3 is 2.82 bits per heavy atom. The van der Waals surface area contributed by atoms with Gasteiger partial charge in [-0.25, -0.2) is 0 Å². The van der Waals surface area contributed by atoms with E-state index in [9.17, 15) is 5.11 Å². The van der Waals surface area contributed by atoms with E-state index in [-0.39, 0.29) is 6.10 Å². The number of nitrogens with one attached hydrogen (secondary N) is 1. The number of methoxy groups -OCH3 is 1. The van der Waals surface area contributed by atoms with Gasteiger partial charge in [-0.15, -0.1) is 0 Å². The van der Waals surface area contributed by atoms with Crippen LogP contribution in [0.1, 0.15) is 24.5 Å². The maximum absolute atomic E-state index is 10.2. The van der Waals surface area contributed by atoms with Gasteiger partial charge in [0.05, 0.1) is 25.9 Å². The van der Waals surface area contributed by atoms with Gasteiger partial charge in [0.25, 0.3) is 0 Å². The highest BCUT2D eigenvalue weighted by atomic mass is 16.5. The van der Waals surface area contributed by atoms with Crippen molar-refractivity contribution in [1.82, 2.24) is 10.2 Å². The Kier molecular flexibility index (Phi) is 5.31. The average molecular weight is 306 g/mol. The molecule has 5 nitrogen and oxygen atoms in total. The summed E-state index contributed by atoms with van der Waals surface area (Å²) in [6.07, 6.45) is 2.42. The van der Waals surface area contributed by atoms with Gasteiger partial charge in [0.15, 0.2) is 0 Å². The first-order valence-electron chi connectivity index (χ1n) is 8.14. The molecule has 0 bridgehead atoms. The highest BCUT2D eigenvalue weighted by Gasteiger charge is 2.32. The zero-order valence-electron chi connectivity index (χ0n) is 13.2. The lowest BCUT2D eigenvalue weighted by molar-refractivity contribution is -0.0309. The molecule has 1 aromatic carbocycles. The first-order valence-corrected chi connectivity index (χ1v) is 8.14. The molecule has 1 heterocycles. The molecule has 2 N–H and O–H groups in total. The summed E-state index contributed by atoms with van der Waals surface area (Å²) in [7, 11) is 1.64. The number of benzene rings is 1. The van der Waals surface area contributed by atoms with Crippen molar-refractivity contribution in [1.29, 1.82) is 0 Å². The highest BCUT2D eigenvalue weighted by molar-refractivity contribution is 5.28. The van der Waals surface area contributed by atoms with E-state index < -0.39 is 6.10 Å². The van der Waals surface area contributed by atoms with E-state index in [1.165, 1.54) is 12.8 Å². The summed E-state index contributed by atoms with van der Waals surface area (Å²) >= 11 is 0. The molecule has 5 heteroatoms. The van der Waals surface area contributed by atoms with Crippen molar-refractivity contribution in [3.05, 3.63) is 29.8 Å². The third kappa shape index (κ3) is 4.20. The predicted octanol–water partition coefficient (Wildman–Crippen LogP) is 1.18. The van der Waals surface area contributed by atoms with Crippen LogP contribution in [0.2, 0.25) is 0 Å². The van der Waals surface area contributed by atoms with E-state index >= 15 is 0 Å². The van der Waals surface area contributed by atoms with Crippen LogP contribution in [0.25, 0.3) is 0 Å². The monoisotopic (exact) mass is 306 g/mol. The first-order chi connectivity index (χ1) is 10.8. The fraction of sp³-hybridized carbons (Fsp3) is 0.647. The fourth-order valence-corrected chi connectivity index (χ4v) is 2.96. The van der Waals surface area contributed by atoms with E-state index in [0.29, 0.717) is 6.54 Å². The van der Waals surface area contributed by atoms with Crippen molar-refractivity contribution in [3.63, 3.8) is 0 Å². The molecular formula is C17H26N2O3. The zero-order valence-corrected chi connectivity index (χ0v) is 13.2. The molecule has 0 amide bonds. The van der Waals surface area contributed by atoms with Crippen LogP contribution < -0.4 is 10.1 Å². The number of hydrogen-bond donors (Lipinski definition) is 2. The maximum Gasteiger partial charge on any atom is 0.118 e. The van der Waals surface area contributed by atoms with Gasteiger partial charge in [0.2, 0.25) is 0 Å². The Balaban J connectivity index is 1.39. The third-order valence-electron chi connectivity index (χ3n) is 4.44. The molecule has 1 saturated carbocycles. The van der Waals surface area contributed by atoms with Gasteiger partial charge in [-0.1, -0.05) is 12.1 Å². The Hall–Kier alpha value is -1.14. The Labute approximate surface area is 132 Å². The van der Waals surface area contributed by atoms with E-state index in [2.05, 4.69) is 10.2 Å². The van der Waals surface area contributed by atoms with Crippen molar-refractivity contribution >= 4 is 0 Å². The number of rotatable bonds is 7. The van der Waals surface area contributed by atoms with Crippen LogP contribution in [0.5, 0.6) is 5.75 Å². The van der Waals surface area contributed by atoms with Gasteiger partial charge < -0.3 is 19.9 Å². The second-order valence-electron chi connectivity index (χ2n) is 6.17. The van der Waals surface area contributed by atoms with Crippen LogP contribution in [-0.2, 0) is 4.74 Å². The summed E-state index contributed by atoms with van der Waals surface area (Å²) in [5.74, 6) is 0.805. The molecule has 0 unspecified atom stereocenters. The molecular weight excluding hydrogens is 280 g/mol. The zero-order chi connectivity index (χ0) is 15.4. The smallest absolute Gasteiger partial charge is 0.118 e. The van der Waals surface area contributed by atoms with E-state index in [4.69, 9.17) is 9.47 Å². The van der Waals surface area contributed by atoms with Crippen molar-refractivity contribution in [3.8, 4) is 5.75 Å². The third-order valence-corrected chi connectivity index (χ3v) is 4.44. The minimum Gasteiger partial charge on any atom is -0.497 e. The number of ether oxygens (including phenoxy) is 2. The quantitative estimate of drug-likeness (QED) is 0.792. The lowest BCUT2D eigenvalue weighted by atomic mass is 10.1. The van der Waals surface area contributed by atoms with Gasteiger partial charge in [-0.2, -0.15) is 0 Å². The summed E-state index contributed by atoms with van der Waals surface area (Å²) in [6, 6.07) is 8.34. The molecule has 1 aliphatic carbocycles. The van der Waals surface area contributed by atoms with Crippen LogP contribution >= 0.6 is 0 Å². The molecule has 1 aliphatic heterocycles. The van der Waals surface area contributed by atoms with E-state index in [1.54, 1.807) is 7.11 Å². The summed E-state index contributed by atoms with van der Waals surface area (Å²) in [4.78, 5) is 2.54.